The van der Waals surface area contributed by atoms with E-state index in [1.54, 1.807) is 41.3 Å². The Labute approximate surface area is 157 Å². The number of aliphatic carboxylic acids is 1. The van der Waals surface area contributed by atoms with Crippen LogP contribution >= 0.6 is 0 Å². The van der Waals surface area contributed by atoms with Gasteiger partial charge in [-0.15, -0.1) is 0 Å². The number of hydrogen-bond acceptors (Lipinski definition) is 3. The maximum absolute atomic E-state index is 12.8. The van der Waals surface area contributed by atoms with Crippen molar-refractivity contribution >= 4 is 23.5 Å². The number of para-hydroxylation sites is 1. The van der Waals surface area contributed by atoms with Crippen molar-refractivity contribution in [3.05, 3.63) is 65.7 Å². The van der Waals surface area contributed by atoms with E-state index < -0.39 is 11.9 Å². The Kier molecular flexibility index (Phi) is 5.54. The average Bonchev–Trinajstić information content (AvgIpc) is 2.68. The quantitative estimate of drug-likeness (QED) is 0.869. The number of nitrogens with one attached hydrogen (secondary N) is 1. The van der Waals surface area contributed by atoms with Gasteiger partial charge in [0.25, 0.3) is 11.8 Å². The number of carboxylic acids is 1. The van der Waals surface area contributed by atoms with Gasteiger partial charge in [0.1, 0.15) is 0 Å². The second-order valence-electron chi connectivity index (χ2n) is 6.82. The fraction of sp³-hybridized carbons (Fsp3) is 0.286. The molecule has 2 amide bonds. The highest BCUT2D eigenvalue weighted by Gasteiger charge is 2.32. The van der Waals surface area contributed by atoms with Crippen molar-refractivity contribution in [1.82, 2.24) is 4.90 Å². The molecule has 2 aromatic rings. The third kappa shape index (κ3) is 4.34. The van der Waals surface area contributed by atoms with Gasteiger partial charge in [-0.1, -0.05) is 18.2 Å². The van der Waals surface area contributed by atoms with E-state index in [0.717, 1.165) is 0 Å². The maximum Gasteiger partial charge on any atom is 0.308 e. The summed E-state index contributed by atoms with van der Waals surface area (Å²) in [5, 5.41) is 12.0. The fourth-order valence-corrected chi connectivity index (χ4v) is 3.25. The number of carbonyl (C=O) groups is 3. The summed E-state index contributed by atoms with van der Waals surface area (Å²) in [4.78, 5) is 37.9. The zero-order chi connectivity index (χ0) is 19.4. The second-order valence-corrected chi connectivity index (χ2v) is 6.82. The van der Waals surface area contributed by atoms with E-state index in [-0.39, 0.29) is 24.4 Å². The van der Waals surface area contributed by atoms with Gasteiger partial charge in [-0.2, -0.15) is 0 Å². The minimum absolute atomic E-state index is 0.00541. The van der Waals surface area contributed by atoms with Crippen molar-refractivity contribution < 1.29 is 19.5 Å². The molecule has 1 aliphatic heterocycles. The number of carboxylic acid groups (broad SMARTS) is 1. The van der Waals surface area contributed by atoms with Crippen LogP contribution in [0, 0.1) is 5.92 Å². The van der Waals surface area contributed by atoms with Crippen LogP contribution in [0.25, 0.3) is 0 Å². The summed E-state index contributed by atoms with van der Waals surface area (Å²) in [6.45, 7) is 2.14. The van der Waals surface area contributed by atoms with Crippen molar-refractivity contribution in [2.75, 3.05) is 11.9 Å². The first-order valence-corrected chi connectivity index (χ1v) is 8.96. The van der Waals surface area contributed by atoms with Crippen LogP contribution in [0.5, 0.6) is 0 Å². The number of nitrogens with zero attached hydrogens (tertiary/aromatic N) is 1. The van der Waals surface area contributed by atoms with Gasteiger partial charge < -0.3 is 15.3 Å². The van der Waals surface area contributed by atoms with Crippen LogP contribution < -0.4 is 5.32 Å². The summed E-state index contributed by atoms with van der Waals surface area (Å²) in [5.74, 6) is -1.85. The van der Waals surface area contributed by atoms with Crippen molar-refractivity contribution in [1.29, 1.82) is 0 Å². The van der Waals surface area contributed by atoms with Gasteiger partial charge in [0.05, 0.1) is 5.92 Å². The minimum atomic E-state index is -0.868. The first kappa shape index (κ1) is 18.6. The standard InChI is InChI=1S/C21H22N2O4/c1-14-7-8-17(21(26)27)13-23(14)20(25)16-11-9-15(10-12-16)19(24)22-18-5-3-2-4-6-18/h2-6,9-12,14,17H,7-8,13H2,1H3,(H,22,24)(H,26,27). The van der Waals surface area contributed by atoms with Crippen molar-refractivity contribution in [3.8, 4) is 0 Å². The first-order valence-electron chi connectivity index (χ1n) is 8.96. The second kappa shape index (κ2) is 8.03. The van der Waals surface area contributed by atoms with Crippen LogP contribution in [0.4, 0.5) is 5.69 Å². The Bertz CT molecular complexity index is 833. The molecule has 6 heteroatoms. The van der Waals surface area contributed by atoms with Gasteiger partial charge in [-0.25, -0.2) is 0 Å². The molecule has 0 radical (unpaired) electrons. The molecule has 1 aliphatic rings. The van der Waals surface area contributed by atoms with Crippen molar-refractivity contribution in [2.24, 2.45) is 5.92 Å². The highest BCUT2D eigenvalue weighted by atomic mass is 16.4. The van der Waals surface area contributed by atoms with E-state index in [1.807, 2.05) is 25.1 Å². The van der Waals surface area contributed by atoms with Crippen LogP contribution in [-0.4, -0.2) is 40.4 Å². The lowest BCUT2D eigenvalue weighted by molar-refractivity contribution is -0.143. The average molecular weight is 366 g/mol. The molecule has 1 saturated heterocycles. The van der Waals surface area contributed by atoms with E-state index in [9.17, 15) is 19.5 Å². The summed E-state index contributed by atoms with van der Waals surface area (Å²) in [6, 6.07) is 15.6. The zero-order valence-electron chi connectivity index (χ0n) is 15.1. The molecule has 3 rings (SSSR count). The number of hydrogen-bond donors (Lipinski definition) is 2. The Hall–Kier alpha value is -3.15. The number of piperidine rings is 1. The number of carbonyl (C=O) groups excluding carboxylic acids is 2. The van der Waals surface area contributed by atoms with Crippen LogP contribution in [-0.2, 0) is 4.79 Å². The van der Waals surface area contributed by atoms with Crippen LogP contribution in [0.1, 0.15) is 40.5 Å². The van der Waals surface area contributed by atoms with E-state index >= 15 is 0 Å². The van der Waals surface area contributed by atoms with Crippen molar-refractivity contribution in [3.63, 3.8) is 0 Å². The smallest absolute Gasteiger partial charge is 0.308 e. The summed E-state index contributed by atoms with van der Waals surface area (Å²) in [7, 11) is 0. The molecule has 140 valence electrons. The molecule has 6 nitrogen and oxygen atoms in total. The predicted molar refractivity (Wildman–Crippen MR) is 102 cm³/mol. The molecular weight excluding hydrogens is 344 g/mol. The van der Waals surface area contributed by atoms with Gasteiger partial charge in [0.15, 0.2) is 0 Å². The summed E-state index contributed by atoms with van der Waals surface area (Å²) in [5.41, 5.74) is 1.60. The molecule has 0 aliphatic carbocycles. The molecule has 0 saturated carbocycles. The number of amides is 2. The zero-order valence-corrected chi connectivity index (χ0v) is 15.1. The molecule has 1 fully saturated rings. The van der Waals surface area contributed by atoms with Crippen LogP contribution in [0.2, 0.25) is 0 Å². The maximum atomic E-state index is 12.8. The van der Waals surface area contributed by atoms with E-state index in [4.69, 9.17) is 0 Å². The molecule has 0 bridgehead atoms. The molecule has 2 unspecified atom stereocenters. The predicted octanol–water partition coefficient (Wildman–Crippen LogP) is 3.26. The number of benzene rings is 2. The minimum Gasteiger partial charge on any atom is -0.481 e. The third-order valence-electron chi connectivity index (χ3n) is 4.92. The van der Waals surface area contributed by atoms with E-state index in [2.05, 4.69) is 5.32 Å². The topological polar surface area (TPSA) is 86.7 Å². The van der Waals surface area contributed by atoms with Gasteiger partial charge in [0, 0.05) is 29.4 Å². The third-order valence-corrected chi connectivity index (χ3v) is 4.92. The summed E-state index contributed by atoms with van der Waals surface area (Å²) >= 11 is 0. The first-order chi connectivity index (χ1) is 13.0. The SMILES string of the molecule is CC1CCC(C(=O)O)CN1C(=O)c1ccc(C(=O)Nc2ccccc2)cc1. The Morgan fingerprint density at radius 1 is 0.963 bits per heavy atom. The Morgan fingerprint density at radius 2 is 1.59 bits per heavy atom. The van der Waals surface area contributed by atoms with Gasteiger partial charge >= 0.3 is 5.97 Å². The highest BCUT2D eigenvalue weighted by Crippen LogP contribution is 2.24. The molecule has 2 N–H and O–H groups in total. The highest BCUT2D eigenvalue weighted by molar-refractivity contribution is 6.05. The lowest BCUT2D eigenvalue weighted by Crippen LogP contribution is -2.47. The fourth-order valence-electron chi connectivity index (χ4n) is 3.25. The van der Waals surface area contributed by atoms with E-state index in [0.29, 0.717) is 29.7 Å². The molecule has 2 atom stereocenters. The lowest BCUT2D eigenvalue weighted by Gasteiger charge is -2.36. The largest absolute Gasteiger partial charge is 0.481 e. The molecule has 1 heterocycles. The van der Waals surface area contributed by atoms with E-state index in [1.165, 1.54) is 0 Å². The monoisotopic (exact) mass is 366 g/mol. The summed E-state index contributed by atoms with van der Waals surface area (Å²) < 4.78 is 0. The van der Waals surface area contributed by atoms with Gasteiger partial charge in [-0.3, -0.25) is 14.4 Å². The van der Waals surface area contributed by atoms with Crippen molar-refractivity contribution in [2.45, 2.75) is 25.8 Å². The Balaban J connectivity index is 1.69. The normalized spacial score (nSPS) is 19.4. The molecular formula is C21H22N2O4. The Morgan fingerprint density at radius 3 is 2.22 bits per heavy atom. The van der Waals surface area contributed by atoms with Gasteiger partial charge in [-0.05, 0) is 56.2 Å². The molecule has 27 heavy (non-hydrogen) atoms. The number of likely N-dealkylation sites (tertiary alicyclic amines) is 1. The molecule has 0 spiro atoms. The molecule has 2 aromatic carbocycles. The lowest BCUT2D eigenvalue weighted by atomic mass is 9.93. The molecule has 0 aromatic heterocycles. The number of rotatable bonds is 4. The van der Waals surface area contributed by atoms with Crippen LogP contribution in [0.3, 0.4) is 0 Å². The summed E-state index contributed by atoms with van der Waals surface area (Å²) in [6.07, 6.45) is 1.25. The van der Waals surface area contributed by atoms with Crippen LogP contribution in [0.15, 0.2) is 54.6 Å². The number of anilines is 1. The van der Waals surface area contributed by atoms with Gasteiger partial charge in [0.2, 0.25) is 0 Å².